The lowest BCUT2D eigenvalue weighted by molar-refractivity contribution is -0.144. The highest BCUT2D eigenvalue weighted by Gasteiger charge is 2.51. The number of amides is 1. The van der Waals surface area contributed by atoms with Gasteiger partial charge in [0.2, 0.25) is 11.8 Å². The highest BCUT2D eigenvalue weighted by atomic mass is 16.5. The lowest BCUT2D eigenvalue weighted by Gasteiger charge is -2.41. The van der Waals surface area contributed by atoms with E-state index in [2.05, 4.69) is 20.4 Å². The average molecular weight is 320 g/mol. The highest BCUT2D eigenvalue weighted by Crippen LogP contribution is 2.39. The number of carboxylic acids is 1. The van der Waals surface area contributed by atoms with Crippen molar-refractivity contribution in [1.29, 1.82) is 0 Å². The Morgan fingerprint density at radius 2 is 2.13 bits per heavy atom. The van der Waals surface area contributed by atoms with Crippen LogP contribution in [0.1, 0.15) is 49.7 Å². The summed E-state index contributed by atoms with van der Waals surface area (Å²) < 4.78 is 5.26. The first kappa shape index (κ1) is 14.6. The maximum atomic E-state index is 11.7. The minimum Gasteiger partial charge on any atom is -0.481 e. The first-order chi connectivity index (χ1) is 11.1. The smallest absolute Gasteiger partial charge is 0.309 e. The van der Waals surface area contributed by atoms with E-state index in [1.54, 1.807) is 0 Å². The average Bonchev–Trinajstić information content (AvgIpc) is 3.18. The number of hydrogen-bond acceptors (Lipinski definition) is 6. The summed E-state index contributed by atoms with van der Waals surface area (Å²) in [5.74, 6) is 0.215. The number of aromatic nitrogens is 2. The van der Waals surface area contributed by atoms with E-state index in [0.717, 1.165) is 31.8 Å². The molecule has 2 saturated heterocycles. The van der Waals surface area contributed by atoms with E-state index in [1.165, 1.54) is 0 Å². The Kier molecular flexibility index (Phi) is 3.37. The second kappa shape index (κ2) is 5.30. The van der Waals surface area contributed by atoms with Crippen molar-refractivity contribution in [2.75, 3.05) is 13.1 Å². The van der Waals surface area contributed by atoms with Crippen LogP contribution < -0.4 is 5.32 Å². The molecule has 2 aliphatic heterocycles. The van der Waals surface area contributed by atoms with Crippen LogP contribution in [0.5, 0.6) is 0 Å². The monoisotopic (exact) mass is 320 g/mol. The summed E-state index contributed by atoms with van der Waals surface area (Å²) in [5.41, 5.74) is -0.587. The van der Waals surface area contributed by atoms with Gasteiger partial charge in [0.05, 0.1) is 18.0 Å². The number of carboxylic acid groups (broad SMARTS) is 1. The van der Waals surface area contributed by atoms with E-state index < -0.39 is 17.4 Å². The molecular weight excluding hydrogens is 300 g/mol. The fraction of sp³-hybridized carbons (Fsp3) is 0.733. The van der Waals surface area contributed by atoms with Gasteiger partial charge in [0.1, 0.15) is 0 Å². The number of likely N-dealkylation sites (tertiary alicyclic amines) is 1. The number of nitrogens with zero attached hydrogens (tertiary/aromatic N) is 3. The second-order valence-electron chi connectivity index (χ2n) is 6.90. The Balaban J connectivity index is 1.38. The fourth-order valence-corrected chi connectivity index (χ4v) is 3.73. The van der Waals surface area contributed by atoms with Gasteiger partial charge in [0, 0.05) is 25.4 Å². The predicted octanol–water partition coefficient (Wildman–Crippen LogP) is 0.502. The molecule has 2 N–H and O–H groups in total. The number of carbonyl (C=O) groups is 2. The summed E-state index contributed by atoms with van der Waals surface area (Å²) in [6.45, 7) is 2.05. The van der Waals surface area contributed by atoms with Gasteiger partial charge in [-0.3, -0.25) is 14.5 Å². The minimum absolute atomic E-state index is 0.0882. The molecule has 3 heterocycles. The van der Waals surface area contributed by atoms with E-state index in [1.807, 2.05) is 0 Å². The number of nitrogens with one attached hydrogen (secondary N) is 1. The number of rotatable bonds is 4. The molecule has 1 aromatic heterocycles. The molecule has 3 aliphatic rings. The van der Waals surface area contributed by atoms with Crippen LogP contribution in [0.15, 0.2) is 4.52 Å². The van der Waals surface area contributed by atoms with Crippen molar-refractivity contribution in [2.24, 2.45) is 5.92 Å². The Morgan fingerprint density at radius 3 is 2.78 bits per heavy atom. The summed E-state index contributed by atoms with van der Waals surface area (Å²) in [6.07, 6.45) is 3.63. The van der Waals surface area contributed by atoms with Crippen LogP contribution in [-0.4, -0.2) is 50.7 Å². The number of aliphatic carboxylic acids is 1. The van der Waals surface area contributed by atoms with Gasteiger partial charge in [-0.25, -0.2) is 0 Å². The lowest BCUT2D eigenvalue weighted by Crippen LogP contribution is -2.55. The third-order valence-corrected chi connectivity index (χ3v) is 5.27. The number of piperidine rings is 1. The standard InChI is InChI=1S/C15H20N4O4/c20-12-7-10(14(21)22)15(17-12)3-5-19(6-4-15)8-11-16-13(23-18-11)9-1-2-9/h9-10H,1-8H2,(H,17,20)(H,21,22)/t10-/m1/s1. The van der Waals surface area contributed by atoms with Gasteiger partial charge < -0.3 is 14.9 Å². The number of carbonyl (C=O) groups excluding carboxylic acids is 1. The molecule has 1 saturated carbocycles. The molecule has 124 valence electrons. The molecular formula is C15H20N4O4. The van der Waals surface area contributed by atoms with Crippen LogP contribution in [-0.2, 0) is 16.1 Å². The molecule has 8 nitrogen and oxygen atoms in total. The van der Waals surface area contributed by atoms with Gasteiger partial charge in [-0.15, -0.1) is 0 Å². The molecule has 23 heavy (non-hydrogen) atoms. The Morgan fingerprint density at radius 1 is 1.39 bits per heavy atom. The molecule has 3 fully saturated rings. The molecule has 1 aromatic rings. The molecule has 0 radical (unpaired) electrons. The van der Waals surface area contributed by atoms with Crippen molar-refractivity contribution in [3.05, 3.63) is 11.7 Å². The van der Waals surface area contributed by atoms with E-state index in [-0.39, 0.29) is 12.3 Å². The Hall–Kier alpha value is -1.96. The minimum atomic E-state index is -0.885. The summed E-state index contributed by atoms with van der Waals surface area (Å²) in [4.78, 5) is 29.7. The van der Waals surface area contributed by atoms with E-state index in [0.29, 0.717) is 31.1 Å². The predicted molar refractivity (Wildman–Crippen MR) is 77.4 cm³/mol. The summed E-state index contributed by atoms with van der Waals surface area (Å²) in [7, 11) is 0. The lowest BCUT2D eigenvalue weighted by atomic mass is 9.78. The maximum absolute atomic E-state index is 11.7. The summed E-state index contributed by atoms with van der Waals surface area (Å²) in [5, 5.41) is 16.3. The molecule has 1 aliphatic carbocycles. The molecule has 1 amide bonds. The number of hydrogen-bond donors (Lipinski definition) is 2. The van der Waals surface area contributed by atoms with Crippen LogP contribution in [0.3, 0.4) is 0 Å². The maximum Gasteiger partial charge on any atom is 0.309 e. The Labute approximate surface area is 133 Å². The van der Waals surface area contributed by atoms with Crippen molar-refractivity contribution in [2.45, 2.75) is 50.1 Å². The molecule has 0 aromatic carbocycles. The zero-order chi connectivity index (χ0) is 16.0. The first-order valence-corrected chi connectivity index (χ1v) is 8.14. The van der Waals surface area contributed by atoms with Crippen molar-refractivity contribution in [3.63, 3.8) is 0 Å². The van der Waals surface area contributed by atoms with E-state index >= 15 is 0 Å². The zero-order valence-electron chi connectivity index (χ0n) is 12.8. The fourth-order valence-electron chi connectivity index (χ4n) is 3.73. The molecule has 1 atom stereocenters. The van der Waals surface area contributed by atoms with Gasteiger partial charge in [-0.2, -0.15) is 4.98 Å². The summed E-state index contributed by atoms with van der Waals surface area (Å²) in [6, 6.07) is 0. The first-order valence-electron chi connectivity index (χ1n) is 8.14. The van der Waals surface area contributed by atoms with Crippen molar-refractivity contribution < 1.29 is 19.2 Å². The van der Waals surface area contributed by atoms with E-state index in [9.17, 15) is 14.7 Å². The highest BCUT2D eigenvalue weighted by molar-refractivity contribution is 5.88. The van der Waals surface area contributed by atoms with Gasteiger partial charge >= 0.3 is 5.97 Å². The quantitative estimate of drug-likeness (QED) is 0.831. The van der Waals surface area contributed by atoms with Gasteiger partial charge in [-0.1, -0.05) is 5.16 Å². The zero-order valence-corrected chi connectivity index (χ0v) is 12.8. The third kappa shape index (κ3) is 2.71. The third-order valence-electron chi connectivity index (χ3n) is 5.27. The van der Waals surface area contributed by atoms with Crippen molar-refractivity contribution in [3.8, 4) is 0 Å². The summed E-state index contributed by atoms with van der Waals surface area (Å²) >= 11 is 0. The molecule has 0 bridgehead atoms. The van der Waals surface area contributed by atoms with Crippen LogP contribution in [0.25, 0.3) is 0 Å². The SMILES string of the molecule is O=C1C[C@H](C(=O)O)C2(CCN(Cc3noc(C4CC4)n3)CC2)N1. The van der Waals surface area contributed by atoms with Crippen LogP contribution in [0.4, 0.5) is 0 Å². The van der Waals surface area contributed by atoms with Crippen LogP contribution in [0, 0.1) is 5.92 Å². The van der Waals surface area contributed by atoms with E-state index in [4.69, 9.17) is 4.52 Å². The van der Waals surface area contributed by atoms with Crippen LogP contribution >= 0.6 is 0 Å². The van der Waals surface area contributed by atoms with Crippen molar-refractivity contribution in [1.82, 2.24) is 20.4 Å². The molecule has 8 heteroatoms. The molecule has 1 spiro atoms. The molecule has 0 unspecified atom stereocenters. The normalized spacial score (nSPS) is 27.3. The van der Waals surface area contributed by atoms with Gasteiger partial charge in [0.25, 0.3) is 0 Å². The largest absolute Gasteiger partial charge is 0.481 e. The van der Waals surface area contributed by atoms with Gasteiger partial charge in [0.15, 0.2) is 5.82 Å². The Bertz CT molecular complexity index is 631. The van der Waals surface area contributed by atoms with Crippen LogP contribution in [0.2, 0.25) is 0 Å². The molecule has 4 rings (SSSR count). The second-order valence-corrected chi connectivity index (χ2v) is 6.90. The topological polar surface area (TPSA) is 109 Å². The van der Waals surface area contributed by atoms with Crippen molar-refractivity contribution >= 4 is 11.9 Å². The van der Waals surface area contributed by atoms with Gasteiger partial charge in [-0.05, 0) is 25.7 Å².